The molecule has 162 valence electrons. The van der Waals surface area contributed by atoms with E-state index in [1.54, 1.807) is 4.52 Å². The second-order valence-corrected chi connectivity index (χ2v) is 7.81. The predicted molar refractivity (Wildman–Crippen MR) is 114 cm³/mol. The largest absolute Gasteiger partial charge is 0.456 e. The number of anilines is 1. The minimum absolute atomic E-state index is 0.0330. The van der Waals surface area contributed by atoms with Crippen LogP contribution in [0.25, 0.3) is 5.78 Å². The molecular formula is C22H26N6O3. The molecule has 0 aliphatic heterocycles. The molecule has 1 aliphatic carbocycles. The maximum atomic E-state index is 12.3. The maximum absolute atomic E-state index is 12.3. The highest BCUT2D eigenvalue weighted by molar-refractivity contribution is 5.81. The van der Waals surface area contributed by atoms with E-state index < -0.39 is 5.97 Å². The van der Waals surface area contributed by atoms with Crippen LogP contribution in [-0.4, -0.2) is 38.1 Å². The maximum Gasteiger partial charge on any atom is 0.306 e. The van der Waals surface area contributed by atoms with E-state index in [0.29, 0.717) is 12.2 Å². The molecule has 0 spiro atoms. The Morgan fingerprint density at radius 1 is 1.26 bits per heavy atom. The van der Waals surface area contributed by atoms with Crippen molar-refractivity contribution in [2.45, 2.75) is 52.0 Å². The number of carbonyl (C=O) groups excluding carboxylic acids is 2. The van der Waals surface area contributed by atoms with Crippen molar-refractivity contribution in [2.24, 2.45) is 0 Å². The first-order valence-electron chi connectivity index (χ1n) is 10.4. The van der Waals surface area contributed by atoms with Crippen LogP contribution in [0.1, 0.15) is 53.4 Å². The van der Waals surface area contributed by atoms with Gasteiger partial charge in [0.1, 0.15) is 0 Å². The second-order valence-electron chi connectivity index (χ2n) is 7.81. The van der Waals surface area contributed by atoms with Gasteiger partial charge >= 0.3 is 5.97 Å². The molecule has 2 aromatic heterocycles. The van der Waals surface area contributed by atoms with Gasteiger partial charge in [0, 0.05) is 17.8 Å². The van der Waals surface area contributed by atoms with Crippen LogP contribution in [0.15, 0.2) is 24.3 Å². The van der Waals surface area contributed by atoms with Gasteiger partial charge in [-0.15, -0.1) is 5.10 Å². The lowest BCUT2D eigenvalue weighted by atomic mass is 9.88. The van der Waals surface area contributed by atoms with Crippen molar-refractivity contribution in [1.29, 1.82) is 0 Å². The molecular weight excluding hydrogens is 396 g/mol. The van der Waals surface area contributed by atoms with Crippen LogP contribution < -0.4 is 11.1 Å². The Kier molecular flexibility index (Phi) is 5.83. The van der Waals surface area contributed by atoms with Crippen molar-refractivity contribution < 1.29 is 14.3 Å². The molecule has 31 heavy (non-hydrogen) atoms. The number of nitrogens with one attached hydrogen (secondary N) is 1. The van der Waals surface area contributed by atoms with Crippen LogP contribution >= 0.6 is 0 Å². The topological polar surface area (TPSA) is 124 Å². The van der Waals surface area contributed by atoms with E-state index in [9.17, 15) is 9.59 Å². The Balaban J connectivity index is 1.30. The Hall–Kier alpha value is -3.49. The monoisotopic (exact) mass is 422 g/mol. The fourth-order valence-corrected chi connectivity index (χ4v) is 4.17. The average molecular weight is 422 g/mol. The first kappa shape index (κ1) is 20.8. The molecule has 1 atom stereocenters. The van der Waals surface area contributed by atoms with Crippen LogP contribution in [0, 0.1) is 13.8 Å². The minimum Gasteiger partial charge on any atom is -0.456 e. The van der Waals surface area contributed by atoms with Crippen molar-refractivity contribution in [3.05, 3.63) is 52.3 Å². The molecule has 0 radical (unpaired) electrons. The highest BCUT2D eigenvalue weighted by Crippen LogP contribution is 2.29. The molecule has 0 bridgehead atoms. The summed E-state index contributed by atoms with van der Waals surface area (Å²) in [4.78, 5) is 33.0. The Bertz CT molecular complexity index is 1140. The fourth-order valence-electron chi connectivity index (χ4n) is 4.17. The zero-order valence-electron chi connectivity index (χ0n) is 17.7. The number of aryl methyl sites for hydroxylation is 3. The molecule has 0 saturated heterocycles. The quantitative estimate of drug-likeness (QED) is 0.582. The highest BCUT2D eigenvalue weighted by atomic mass is 16.5. The molecule has 1 amide bonds. The third-order valence-corrected chi connectivity index (χ3v) is 5.71. The molecule has 4 rings (SSSR count). The van der Waals surface area contributed by atoms with E-state index in [-0.39, 0.29) is 30.9 Å². The summed E-state index contributed by atoms with van der Waals surface area (Å²) < 4.78 is 6.77. The lowest BCUT2D eigenvalue weighted by molar-refractivity contribution is -0.148. The lowest BCUT2D eigenvalue weighted by Gasteiger charge is -2.26. The number of ether oxygens (including phenoxy) is 1. The van der Waals surface area contributed by atoms with E-state index in [0.717, 1.165) is 41.8 Å². The third kappa shape index (κ3) is 4.50. The van der Waals surface area contributed by atoms with Crippen molar-refractivity contribution in [3.63, 3.8) is 0 Å². The molecule has 0 unspecified atom stereocenters. The number of carbonyl (C=O) groups is 2. The smallest absolute Gasteiger partial charge is 0.306 e. The number of nitrogen functional groups attached to an aromatic ring is 1. The number of amides is 1. The number of benzene rings is 1. The molecule has 9 heteroatoms. The Labute approximate surface area is 180 Å². The normalized spacial score (nSPS) is 15.5. The summed E-state index contributed by atoms with van der Waals surface area (Å²) in [5, 5.41) is 7.11. The summed E-state index contributed by atoms with van der Waals surface area (Å²) in [5.41, 5.74) is 10.5. The first-order valence-corrected chi connectivity index (χ1v) is 10.4. The number of hydrogen-bond donors (Lipinski definition) is 2. The Morgan fingerprint density at radius 2 is 2.06 bits per heavy atom. The van der Waals surface area contributed by atoms with E-state index in [1.165, 1.54) is 5.56 Å². The molecule has 2 heterocycles. The van der Waals surface area contributed by atoms with Crippen molar-refractivity contribution >= 4 is 23.6 Å². The molecule has 3 N–H and O–H groups in total. The number of rotatable bonds is 6. The van der Waals surface area contributed by atoms with Crippen LogP contribution in [0.5, 0.6) is 0 Å². The first-order chi connectivity index (χ1) is 14.9. The predicted octanol–water partition coefficient (Wildman–Crippen LogP) is 1.99. The standard InChI is InChI=1S/C22H26N6O3/c1-13-16(14(2)28-22(24-13)26-21(23)27-28)10-11-20(30)31-12-19(29)25-18-9-5-7-15-6-3-4-8-17(15)18/h3-4,6,8,18H,5,7,9-12H2,1-2H3,(H2,23,27)(H,25,29)/t18-/m1/s1. The van der Waals surface area contributed by atoms with Crippen molar-refractivity contribution in [3.8, 4) is 0 Å². The summed E-state index contributed by atoms with van der Waals surface area (Å²) in [7, 11) is 0. The van der Waals surface area contributed by atoms with E-state index in [2.05, 4.69) is 26.4 Å². The molecule has 9 nitrogen and oxygen atoms in total. The van der Waals surface area contributed by atoms with Gasteiger partial charge in [-0.3, -0.25) is 9.59 Å². The summed E-state index contributed by atoms with van der Waals surface area (Å²) in [5.74, 6) is -0.141. The van der Waals surface area contributed by atoms with Gasteiger partial charge in [-0.05, 0) is 56.2 Å². The van der Waals surface area contributed by atoms with Gasteiger partial charge in [0.05, 0.1) is 6.04 Å². The molecule has 1 aliphatic rings. The van der Waals surface area contributed by atoms with Gasteiger partial charge in [0.25, 0.3) is 11.7 Å². The van der Waals surface area contributed by atoms with Crippen molar-refractivity contribution in [1.82, 2.24) is 24.9 Å². The number of fused-ring (bicyclic) bond motifs is 2. The van der Waals surface area contributed by atoms with Gasteiger partial charge in [0.15, 0.2) is 6.61 Å². The van der Waals surface area contributed by atoms with Crippen LogP contribution in [-0.2, 0) is 27.2 Å². The number of esters is 1. The van der Waals surface area contributed by atoms with Crippen LogP contribution in [0.3, 0.4) is 0 Å². The van der Waals surface area contributed by atoms with E-state index in [4.69, 9.17) is 10.5 Å². The number of aromatic nitrogens is 4. The molecule has 1 aromatic carbocycles. The Morgan fingerprint density at radius 3 is 2.90 bits per heavy atom. The SMILES string of the molecule is Cc1nc2nc(N)nn2c(C)c1CCC(=O)OCC(=O)N[C@@H]1CCCc2ccccc21. The lowest BCUT2D eigenvalue weighted by Crippen LogP contribution is -2.34. The fraction of sp³-hybridized carbons (Fsp3) is 0.409. The molecule has 0 fully saturated rings. The minimum atomic E-state index is -0.434. The second kappa shape index (κ2) is 8.71. The summed E-state index contributed by atoms with van der Waals surface area (Å²) in [6.45, 7) is 3.45. The van der Waals surface area contributed by atoms with Gasteiger partial charge in [0.2, 0.25) is 5.95 Å². The van der Waals surface area contributed by atoms with Gasteiger partial charge in [-0.1, -0.05) is 24.3 Å². The number of nitrogens with zero attached hydrogens (tertiary/aromatic N) is 4. The van der Waals surface area contributed by atoms with Crippen LogP contribution in [0.2, 0.25) is 0 Å². The highest BCUT2D eigenvalue weighted by Gasteiger charge is 2.22. The van der Waals surface area contributed by atoms with Gasteiger partial charge < -0.3 is 15.8 Å². The summed E-state index contributed by atoms with van der Waals surface area (Å²) >= 11 is 0. The van der Waals surface area contributed by atoms with Gasteiger partial charge in [-0.25, -0.2) is 4.98 Å². The zero-order chi connectivity index (χ0) is 22.0. The number of hydrogen-bond acceptors (Lipinski definition) is 7. The summed E-state index contributed by atoms with van der Waals surface area (Å²) in [6, 6.07) is 8.10. The van der Waals surface area contributed by atoms with Crippen LogP contribution in [0.4, 0.5) is 5.95 Å². The van der Waals surface area contributed by atoms with Gasteiger partial charge in [-0.2, -0.15) is 9.50 Å². The molecule has 0 saturated carbocycles. The average Bonchev–Trinajstić information content (AvgIpc) is 3.12. The molecule has 3 aromatic rings. The summed E-state index contributed by atoms with van der Waals surface area (Å²) in [6.07, 6.45) is 3.50. The third-order valence-electron chi connectivity index (χ3n) is 5.71. The number of nitrogens with two attached hydrogens (primary N) is 1. The van der Waals surface area contributed by atoms with Crippen molar-refractivity contribution in [2.75, 3.05) is 12.3 Å². The van der Waals surface area contributed by atoms with E-state index in [1.807, 2.05) is 32.0 Å². The zero-order valence-corrected chi connectivity index (χ0v) is 17.7. The van der Waals surface area contributed by atoms with E-state index >= 15 is 0 Å².